The Bertz CT molecular complexity index is 1040. The van der Waals surface area contributed by atoms with E-state index in [0.29, 0.717) is 5.56 Å². The van der Waals surface area contributed by atoms with Crippen LogP contribution in [-0.4, -0.2) is 16.7 Å². The number of hydrazone groups is 1. The zero-order valence-electron chi connectivity index (χ0n) is 16.2. The highest BCUT2D eigenvalue weighted by Crippen LogP contribution is 2.20. The molecule has 3 aromatic rings. The molecule has 1 heterocycles. The first-order valence-corrected chi connectivity index (χ1v) is 9.04. The van der Waals surface area contributed by atoms with E-state index >= 15 is 0 Å². The highest BCUT2D eigenvalue weighted by molar-refractivity contribution is 5.88. The smallest absolute Gasteiger partial charge is 0.261 e. The second-order valence-corrected chi connectivity index (χ2v) is 6.70. The van der Waals surface area contributed by atoms with Gasteiger partial charge in [0, 0.05) is 22.6 Å². The van der Waals surface area contributed by atoms with E-state index in [0.717, 1.165) is 22.6 Å². The molecule has 0 radical (unpaired) electrons. The van der Waals surface area contributed by atoms with E-state index in [1.807, 2.05) is 32.0 Å². The minimum atomic E-state index is -0.890. The molecule has 0 saturated carbocycles. The Morgan fingerprint density at radius 1 is 1.11 bits per heavy atom. The number of hydrogen-bond donors (Lipinski definition) is 1. The summed E-state index contributed by atoms with van der Waals surface area (Å²) in [5.41, 5.74) is 8.43. The maximum Gasteiger partial charge on any atom is 0.261 e. The highest BCUT2D eigenvalue weighted by atomic mass is 16.2. The van der Waals surface area contributed by atoms with Crippen LogP contribution in [0, 0.1) is 32.1 Å². The summed E-state index contributed by atoms with van der Waals surface area (Å²) in [7, 11) is 0. The van der Waals surface area contributed by atoms with Crippen molar-refractivity contribution in [2.45, 2.75) is 26.7 Å². The summed E-state index contributed by atoms with van der Waals surface area (Å²) >= 11 is 0. The maximum atomic E-state index is 12.3. The van der Waals surface area contributed by atoms with Crippen LogP contribution in [0.25, 0.3) is 5.69 Å². The van der Waals surface area contributed by atoms with Crippen molar-refractivity contribution in [3.63, 3.8) is 0 Å². The zero-order valence-corrected chi connectivity index (χ0v) is 16.2. The number of nitriles is 1. The van der Waals surface area contributed by atoms with Crippen LogP contribution in [0.5, 0.6) is 0 Å². The topological polar surface area (TPSA) is 70.2 Å². The van der Waals surface area contributed by atoms with Crippen molar-refractivity contribution in [3.8, 4) is 11.8 Å². The van der Waals surface area contributed by atoms with Gasteiger partial charge in [-0.25, -0.2) is 5.43 Å². The van der Waals surface area contributed by atoms with Gasteiger partial charge >= 0.3 is 0 Å². The van der Waals surface area contributed by atoms with Crippen LogP contribution in [0.1, 0.15) is 34.0 Å². The van der Waals surface area contributed by atoms with Gasteiger partial charge in [-0.1, -0.05) is 48.0 Å². The molecule has 0 aliphatic heterocycles. The highest BCUT2D eigenvalue weighted by Gasteiger charge is 2.19. The molecule has 3 rings (SSSR count). The van der Waals surface area contributed by atoms with Gasteiger partial charge in [0.05, 0.1) is 12.3 Å². The molecule has 1 amide bonds. The summed E-state index contributed by atoms with van der Waals surface area (Å²) in [5, 5.41) is 13.4. The SMILES string of the molecule is Cc1ccc(-n2c(C)cc(/C=N\NC(=O)[C@@H](C#N)c3ccccc3)c2C)cc1. The first kappa shape index (κ1) is 19.1. The molecule has 2 aromatic carbocycles. The van der Waals surface area contributed by atoms with Crippen LogP contribution in [0.3, 0.4) is 0 Å². The Balaban J connectivity index is 1.76. The van der Waals surface area contributed by atoms with Crippen LogP contribution in [0.2, 0.25) is 0 Å². The summed E-state index contributed by atoms with van der Waals surface area (Å²) in [4.78, 5) is 12.3. The van der Waals surface area contributed by atoms with Crippen molar-refractivity contribution < 1.29 is 4.79 Å². The van der Waals surface area contributed by atoms with Gasteiger partial charge in [-0.15, -0.1) is 0 Å². The van der Waals surface area contributed by atoms with Gasteiger partial charge in [-0.2, -0.15) is 10.4 Å². The summed E-state index contributed by atoms with van der Waals surface area (Å²) in [6.07, 6.45) is 1.62. The third kappa shape index (κ3) is 4.02. The second-order valence-electron chi connectivity index (χ2n) is 6.70. The van der Waals surface area contributed by atoms with Crippen molar-refractivity contribution >= 4 is 12.1 Å². The fraction of sp³-hybridized carbons (Fsp3) is 0.174. The van der Waals surface area contributed by atoms with Gasteiger partial charge in [0.25, 0.3) is 5.91 Å². The van der Waals surface area contributed by atoms with Gasteiger partial charge < -0.3 is 4.57 Å². The summed E-state index contributed by atoms with van der Waals surface area (Å²) < 4.78 is 2.14. The zero-order chi connectivity index (χ0) is 20.1. The molecule has 0 unspecified atom stereocenters. The third-order valence-corrected chi connectivity index (χ3v) is 4.67. The van der Waals surface area contributed by atoms with Crippen LogP contribution >= 0.6 is 0 Å². The van der Waals surface area contributed by atoms with Gasteiger partial charge in [0.1, 0.15) is 0 Å². The summed E-state index contributed by atoms with van der Waals surface area (Å²) in [6.45, 7) is 6.10. The van der Waals surface area contributed by atoms with Crippen LogP contribution in [0.15, 0.2) is 65.8 Å². The van der Waals surface area contributed by atoms with Crippen molar-refractivity contribution in [1.82, 2.24) is 9.99 Å². The number of aryl methyl sites for hydroxylation is 2. The van der Waals surface area contributed by atoms with E-state index in [2.05, 4.69) is 46.3 Å². The van der Waals surface area contributed by atoms with Gasteiger partial charge in [0.15, 0.2) is 5.92 Å². The molecular weight excluding hydrogens is 348 g/mol. The molecule has 0 fully saturated rings. The lowest BCUT2D eigenvalue weighted by molar-refractivity contribution is -0.121. The fourth-order valence-electron chi connectivity index (χ4n) is 3.17. The first-order chi connectivity index (χ1) is 13.5. The molecule has 0 aliphatic rings. The average Bonchev–Trinajstić information content (AvgIpc) is 2.97. The predicted octanol–water partition coefficient (Wildman–Crippen LogP) is 4.16. The molecule has 0 bridgehead atoms. The Morgan fingerprint density at radius 3 is 2.43 bits per heavy atom. The van der Waals surface area contributed by atoms with Crippen LogP contribution < -0.4 is 5.43 Å². The molecule has 5 nitrogen and oxygen atoms in total. The predicted molar refractivity (Wildman–Crippen MR) is 111 cm³/mol. The minimum Gasteiger partial charge on any atom is -0.318 e. The molecule has 28 heavy (non-hydrogen) atoms. The molecule has 1 atom stereocenters. The number of hydrogen-bond acceptors (Lipinski definition) is 3. The third-order valence-electron chi connectivity index (χ3n) is 4.67. The van der Waals surface area contributed by atoms with E-state index in [1.165, 1.54) is 5.56 Å². The molecule has 0 spiro atoms. The molecule has 0 saturated heterocycles. The normalized spacial score (nSPS) is 11.9. The molecule has 5 heteroatoms. The fourth-order valence-corrected chi connectivity index (χ4v) is 3.17. The number of rotatable bonds is 5. The largest absolute Gasteiger partial charge is 0.318 e. The number of nitrogens with zero attached hydrogens (tertiary/aromatic N) is 3. The summed E-state index contributed by atoms with van der Waals surface area (Å²) in [5.74, 6) is -1.34. The van der Waals surface area contributed by atoms with E-state index in [-0.39, 0.29) is 0 Å². The number of aromatic nitrogens is 1. The van der Waals surface area contributed by atoms with E-state index in [1.54, 1.807) is 30.5 Å². The first-order valence-electron chi connectivity index (χ1n) is 9.04. The van der Waals surface area contributed by atoms with E-state index in [4.69, 9.17) is 0 Å². The summed E-state index contributed by atoms with van der Waals surface area (Å²) in [6, 6.07) is 21.3. The van der Waals surface area contributed by atoms with E-state index < -0.39 is 11.8 Å². The molecular formula is C23H22N4O. The number of carbonyl (C=O) groups is 1. The van der Waals surface area contributed by atoms with Crippen molar-refractivity contribution in [3.05, 3.63) is 88.7 Å². The van der Waals surface area contributed by atoms with E-state index in [9.17, 15) is 10.1 Å². The lowest BCUT2D eigenvalue weighted by atomic mass is 10.0. The molecule has 140 valence electrons. The minimum absolute atomic E-state index is 0.447. The van der Waals surface area contributed by atoms with Crippen LogP contribution in [0.4, 0.5) is 0 Å². The Labute approximate surface area is 164 Å². The second kappa shape index (κ2) is 8.36. The van der Waals surface area contributed by atoms with Gasteiger partial charge in [0.2, 0.25) is 0 Å². The Hall–Kier alpha value is -3.65. The Morgan fingerprint density at radius 2 is 1.79 bits per heavy atom. The van der Waals surface area contributed by atoms with Crippen molar-refractivity contribution in [2.24, 2.45) is 5.10 Å². The number of amides is 1. The van der Waals surface area contributed by atoms with Gasteiger partial charge in [-0.05, 0) is 44.5 Å². The number of benzene rings is 2. The number of carbonyl (C=O) groups excluding carboxylic acids is 1. The average molecular weight is 370 g/mol. The maximum absolute atomic E-state index is 12.3. The number of nitrogens with one attached hydrogen (secondary N) is 1. The van der Waals surface area contributed by atoms with Crippen molar-refractivity contribution in [2.75, 3.05) is 0 Å². The lowest BCUT2D eigenvalue weighted by Gasteiger charge is -2.10. The standard InChI is InChI=1S/C23H22N4O/c1-16-9-11-21(12-10-16)27-17(2)13-20(18(27)3)15-25-26-23(28)22(14-24)19-7-5-4-6-8-19/h4-13,15,22H,1-3H3,(H,26,28)/b25-15-/t22-/m0/s1. The quantitative estimate of drug-likeness (QED) is 0.541. The van der Waals surface area contributed by atoms with Crippen LogP contribution in [-0.2, 0) is 4.79 Å². The molecule has 1 aromatic heterocycles. The Kier molecular flexibility index (Phi) is 5.71. The van der Waals surface area contributed by atoms with Crippen molar-refractivity contribution in [1.29, 1.82) is 5.26 Å². The molecule has 0 aliphatic carbocycles. The molecule has 1 N–H and O–H groups in total. The monoisotopic (exact) mass is 370 g/mol. The lowest BCUT2D eigenvalue weighted by Crippen LogP contribution is -2.24. The van der Waals surface area contributed by atoms with Gasteiger partial charge in [-0.3, -0.25) is 4.79 Å².